The molecule has 0 saturated heterocycles. The Labute approximate surface area is 166 Å². The number of nitrogens with one attached hydrogen (secondary N) is 1. The number of hydrogen-bond acceptors (Lipinski definition) is 4. The molecule has 0 aliphatic carbocycles. The van der Waals surface area contributed by atoms with E-state index in [1.165, 1.54) is 13.8 Å². The molecule has 0 atom stereocenters. The zero-order chi connectivity index (χ0) is 20.3. The van der Waals surface area contributed by atoms with Gasteiger partial charge in [-0.2, -0.15) is 0 Å². The Balaban J connectivity index is 2.04. The predicted octanol–water partition coefficient (Wildman–Crippen LogP) is 5.85. The Morgan fingerprint density at radius 1 is 1.04 bits per heavy atom. The van der Waals surface area contributed by atoms with Gasteiger partial charge in [0.15, 0.2) is 0 Å². The second-order valence-corrected chi connectivity index (χ2v) is 7.55. The largest absolute Gasteiger partial charge is 0.370 e. The average molecular weight is 378 g/mol. The van der Waals surface area contributed by atoms with Gasteiger partial charge in [0.25, 0.3) is 0 Å². The predicted molar refractivity (Wildman–Crippen MR) is 113 cm³/mol. The van der Waals surface area contributed by atoms with Gasteiger partial charge in [-0.25, -0.2) is 9.37 Å². The average Bonchev–Trinajstić information content (AvgIpc) is 2.67. The van der Waals surface area contributed by atoms with Gasteiger partial charge in [0, 0.05) is 35.8 Å². The van der Waals surface area contributed by atoms with Crippen LogP contribution in [0, 0.1) is 13.8 Å². The van der Waals surface area contributed by atoms with Crippen LogP contribution in [0.25, 0.3) is 22.4 Å². The van der Waals surface area contributed by atoms with Gasteiger partial charge < -0.3 is 5.32 Å². The smallest absolute Gasteiger partial charge is 0.147 e. The van der Waals surface area contributed by atoms with Gasteiger partial charge in [0.1, 0.15) is 11.5 Å². The molecule has 146 valence electrons. The van der Waals surface area contributed by atoms with Crippen LogP contribution < -0.4 is 5.32 Å². The zero-order valence-corrected chi connectivity index (χ0v) is 17.2. The highest BCUT2D eigenvalue weighted by atomic mass is 19.1. The summed E-state index contributed by atoms with van der Waals surface area (Å²) in [5.74, 6) is 0.898. The number of anilines is 1. The Bertz CT molecular complexity index is 977. The van der Waals surface area contributed by atoms with E-state index in [1.54, 1.807) is 12.3 Å². The summed E-state index contributed by atoms with van der Waals surface area (Å²) in [6, 6.07) is 9.81. The van der Waals surface area contributed by atoms with Gasteiger partial charge in [0.2, 0.25) is 0 Å². The van der Waals surface area contributed by atoms with Crippen molar-refractivity contribution >= 4 is 5.82 Å². The molecule has 0 fully saturated rings. The summed E-state index contributed by atoms with van der Waals surface area (Å²) < 4.78 is 14.3. The quantitative estimate of drug-likeness (QED) is 0.585. The Kier molecular flexibility index (Phi) is 5.73. The molecule has 5 heteroatoms. The maximum Gasteiger partial charge on any atom is 0.147 e. The van der Waals surface area contributed by atoms with Crippen molar-refractivity contribution in [2.24, 2.45) is 0 Å². The van der Waals surface area contributed by atoms with Crippen molar-refractivity contribution < 1.29 is 4.39 Å². The van der Waals surface area contributed by atoms with E-state index in [4.69, 9.17) is 4.98 Å². The maximum atomic E-state index is 14.3. The summed E-state index contributed by atoms with van der Waals surface area (Å²) in [7, 11) is 0. The van der Waals surface area contributed by atoms with E-state index in [1.807, 2.05) is 32.2 Å². The summed E-state index contributed by atoms with van der Waals surface area (Å²) in [5, 5.41) is 3.38. The molecule has 0 spiro atoms. The lowest BCUT2D eigenvalue weighted by Gasteiger charge is -2.15. The molecular weight excluding hydrogens is 351 g/mol. The minimum Gasteiger partial charge on any atom is -0.370 e. The summed E-state index contributed by atoms with van der Waals surface area (Å²) >= 11 is 0. The highest BCUT2D eigenvalue weighted by Crippen LogP contribution is 2.30. The lowest BCUT2D eigenvalue weighted by Crippen LogP contribution is -2.11. The van der Waals surface area contributed by atoms with Crippen molar-refractivity contribution in [2.45, 2.75) is 46.7 Å². The first-order valence-corrected chi connectivity index (χ1v) is 9.64. The normalized spacial score (nSPS) is 11.5. The molecule has 0 bridgehead atoms. The fraction of sp³-hybridized carbons (Fsp3) is 0.348. The molecule has 0 aliphatic rings. The van der Waals surface area contributed by atoms with E-state index in [2.05, 4.69) is 34.3 Å². The van der Waals surface area contributed by atoms with E-state index >= 15 is 0 Å². The summed E-state index contributed by atoms with van der Waals surface area (Å²) in [6.07, 6.45) is 4.49. The lowest BCUT2D eigenvalue weighted by molar-refractivity contribution is 0.214. The molecule has 0 saturated carbocycles. The molecule has 4 nitrogen and oxygen atoms in total. The summed E-state index contributed by atoms with van der Waals surface area (Å²) in [5.41, 5.74) is 4.58. The van der Waals surface area contributed by atoms with E-state index in [-0.39, 0.29) is 0 Å². The third kappa shape index (κ3) is 4.35. The highest BCUT2D eigenvalue weighted by Gasteiger charge is 2.21. The minimum absolute atomic E-state index is 0.409. The second-order valence-electron chi connectivity index (χ2n) is 7.55. The number of alkyl halides is 1. The molecule has 3 aromatic heterocycles. The van der Waals surface area contributed by atoms with Crippen LogP contribution in [0.3, 0.4) is 0 Å². The minimum atomic E-state index is -1.49. The van der Waals surface area contributed by atoms with Crippen molar-refractivity contribution in [3.05, 3.63) is 59.7 Å². The highest BCUT2D eigenvalue weighted by molar-refractivity contribution is 5.73. The number of aryl methyl sites for hydroxylation is 2. The van der Waals surface area contributed by atoms with Crippen molar-refractivity contribution in [3.63, 3.8) is 0 Å². The number of rotatable bonds is 6. The van der Waals surface area contributed by atoms with Crippen LogP contribution in [0.15, 0.2) is 42.7 Å². The van der Waals surface area contributed by atoms with Crippen LogP contribution in [-0.4, -0.2) is 21.5 Å². The molecule has 0 aliphatic heterocycles. The number of halogens is 1. The Hall–Kier alpha value is -2.82. The molecule has 3 heterocycles. The molecule has 0 radical (unpaired) electrons. The van der Waals surface area contributed by atoms with E-state index < -0.39 is 5.67 Å². The third-order valence-electron chi connectivity index (χ3n) is 4.70. The first-order chi connectivity index (χ1) is 13.3. The fourth-order valence-electron chi connectivity index (χ4n) is 2.99. The lowest BCUT2D eigenvalue weighted by atomic mass is 9.99. The first kappa shape index (κ1) is 19.9. The van der Waals surface area contributed by atoms with Gasteiger partial charge in [-0.3, -0.25) is 9.97 Å². The van der Waals surface area contributed by atoms with Crippen molar-refractivity contribution in [1.82, 2.24) is 15.0 Å². The zero-order valence-electron chi connectivity index (χ0n) is 17.2. The van der Waals surface area contributed by atoms with Crippen molar-refractivity contribution in [1.29, 1.82) is 0 Å². The second kappa shape index (κ2) is 8.05. The monoisotopic (exact) mass is 378 g/mol. The van der Waals surface area contributed by atoms with Crippen LogP contribution in [0.5, 0.6) is 0 Å². The van der Waals surface area contributed by atoms with Gasteiger partial charge >= 0.3 is 0 Å². The molecule has 0 unspecified atom stereocenters. The number of aromatic nitrogens is 3. The van der Waals surface area contributed by atoms with Crippen molar-refractivity contribution in [2.75, 3.05) is 11.9 Å². The topological polar surface area (TPSA) is 50.7 Å². The Morgan fingerprint density at radius 2 is 1.82 bits per heavy atom. The van der Waals surface area contributed by atoms with Gasteiger partial charge in [-0.05, 0) is 69.5 Å². The van der Waals surface area contributed by atoms with Gasteiger partial charge in [0.05, 0.1) is 11.4 Å². The summed E-state index contributed by atoms with van der Waals surface area (Å²) in [6.45, 7) is 10.1. The van der Waals surface area contributed by atoms with Gasteiger partial charge in [-0.15, -0.1) is 0 Å². The fourth-order valence-corrected chi connectivity index (χ4v) is 2.99. The number of hydrogen-bond donors (Lipinski definition) is 1. The molecule has 28 heavy (non-hydrogen) atoms. The van der Waals surface area contributed by atoms with E-state index in [9.17, 15) is 4.39 Å². The Morgan fingerprint density at radius 3 is 2.54 bits per heavy atom. The van der Waals surface area contributed by atoms with Crippen LogP contribution in [0.1, 0.15) is 44.1 Å². The van der Waals surface area contributed by atoms with Crippen LogP contribution in [0.4, 0.5) is 10.2 Å². The summed E-state index contributed by atoms with van der Waals surface area (Å²) in [4.78, 5) is 13.5. The van der Waals surface area contributed by atoms with E-state index in [0.717, 1.165) is 52.4 Å². The maximum absolute atomic E-state index is 14.3. The third-order valence-corrected chi connectivity index (χ3v) is 4.70. The van der Waals surface area contributed by atoms with Crippen LogP contribution >= 0.6 is 0 Å². The van der Waals surface area contributed by atoms with Crippen LogP contribution in [-0.2, 0) is 5.67 Å². The van der Waals surface area contributed by atoms with Crippen LogP contribution in [0.2, 0.25) is 0 Å². The molecule has 1 N–H and O–H groups in total. The van der Waals surface area contributed by atoms with Gasteiger partial charge in [-0.1, -0.05) is 13.0 Å². The molecular formula is C23H27FN4. The first-order valence-electron chi connectivity index (χ1n) is 9.64. The number of pyridine rings is 3. The molecule has 0 amide bonds. The van der Waals surface area contributed by atoms with Crippen molar-refractivity contribution in [3.8, 4) is 22.4 Å². The standard InChI is InChI=1S/C23H27FN4/c1-6-10-26-22-15(2)7-8-20(28-22)19-12-18(14-27-16(19)3)17-9-11-25-21(13-17)23(4,5)24/h7-9,11-14H,6,10H2,1-5H3,(H,26,28). The number of nitrogens with zero attached hydrogens (tertiary/aromatic N) is 3. The van der Waals surface area contributed by atoms with E-state index in [0.29, 0.717) is 5.69 Å². The SMILES string of the molecule is CCCNc1nc(-c2cc(-c3ccnc(C(C)(C)F)c3)cnc2C)ccc1C. The molecule has 0 aromatic carbocycles. The molecule has 3 rings (SSSR count). The molecule has 3 aromatic rings.